The fourth-order valence-corrected chi connectivity index (χ4v) is 1.86. The Balaban J connectivity index is 2.22. The quantitative estimate of drug-likeness (QED) is 0.821. The van der Waals surface area contributed by atoms with Crippen LogP contribution in [0, 0.1) is 13.8 Å². The predicted molar refractivity (Wildman–Crippen MR) is 66.2 cm³/mol. The summed E-state index contributed by atoms with van der Waals surface area (Å²) in [5.41, 5.74) is 1.16. The first-order valence-corrected chi connectivity index (χ1v) is 5.66. The van der Waals surface area contributed by atoms with Gasteiger partial charge in [0.05, 0.1) is 18.0 Å². The number of nitrogens with one attached hydrogen (secondary N) is 1. The Morgan fingerprint density at radius 3 is 2.47 bits per heavy atom. The van der Waals surface area contributed by atoms with Crippen molar-refractivity contribution in [3.8, 4) is 0 Å². The summed E-state index contributed by atoms with van der Waals surface area (Å²) in [7, 11) is 0. The first kappa shape index (κ1) is 11.6. The molecular formula is C13H15NO3. The van der Waals surface area contributed by atoms with Crippen LogP contribution >= 0.6 is 0 Å². The van der Waals surface area contributed by atoms with Gasteiger partial charge in [-0.15, -0.1) is 0 Å². The Morgan fingerprint density at radius 1 is 1.29 bits per heavy atom. The van der Waals surface area contributed by atoms with Gasteiger partial charge in [-0.05, 0) is 31.9 Å². The van der Waals surface area contributed by atoms with E-state index in [1.54, 1.807) is 13.2 Å². The molecule has 1 N–H and O–H groups in total. The molecule has 0 aliphatic heterocycles. The molecule has 0 amide bonds. The molecule has 90 valence electrons. The van der Waals surface area contributed by atoms with Crippen LogP contribution in [0.4, 0.5) is 5.69 Å². The molecule has 1 atom stereocenters. The van der Waals surface area contributed by atoms with Crippen LogP contribution in [0.2, 0.25) is 0 Å². The lowest BCUT2D eigenvalue weighted by atomic mass is 10.1. The number of hydrogen-bond acceptors (Lipinski definition) is 4. The topological polar surface area (TPSA) is 59.3 Å². The Labute approximate surface area is 99.0 Å². The average molecular weight is 233 g/mol. The van der Waals surface area contributed by atoms with Crippen LogP contribution in [0.25, 0.3) is 0 Å². The molecule has 4 heteroatoms. The maximum absolute atomic E-state index is 11.4. The molecule has 2 rings (SSSR count). The lowest BCUT2D eigenvalue weighted by Gasteiger charge is -2.17. The van der Waals surface area contributed by atoms with Crippen LogP contribution in [0.15, 0.2) is 26.3 Å². The first-order valence-electron chi connectivity index (χ1n) is 5.66. The van der Waals surface area contributed by atoms with Crippen molar-refractivity contribution in [3.05, 3.63) is 49.7 Å². The van der Waals surface area contributed by atoms with Gasteiger partial charge in [0.15, 0.2) is 0 Å². The zero-order valence-corrected chi connectivity index (χ0v) is 10.2. The summed E-state index contributed by atoms with van der Waals surface area (Å²) in [5, 5.41) is 3.08. The molecular weight excluding hydrogens is 218 g/mol. The van der Waals surface area contributed by atoms with Crippen molar-refractivity contribution in [2.45, 2.75) is 33.2 Å². The molecule has 4 nitrogen and oxygen atoms in total. The van der Waals surface area contributed by atoms with E-state index in [1.807, 2.05) is 19.9 Å². The molecule has 0 aliphatic carbocycles. The third-order valence-corrected chi connectivity index (χ3v) is 2.97. The number of hydrogen-bond donors (Lipinski definition) is 1. The SMILES string of the molecule is CC[C@@H](Nc1c(C)c(=O)c1=O)c1cc(C)co1. The molecule has 0 spiro atoms. The molecule has 1 heterocycles. The van der Waals surface area contributed by atoms with E-state index in [1.165, 1.54) is 0 Å². The van der Waals surface area contributed by atoms with E-state index in [9.17, 15) is 9.59 Å². The highest BCUT2D eigenvalue weighted by molar-refractivity contribution is 5.56. The van der Waals surface area contributed by atoms with Crippen molar-refractivity contribution < 1.29 is 4.42 Å². The van der Waals surface area contributed by atoms with Crippen molar-refractivity contribution >= 4 is 5.69 Å². The summed E-state index contributed by atoms with van der Waals surface area (Å²) in [6, 6.07) is 1.87. The molecule has 0 aliphatic rings. The predicted octanol–water partition coefficient (Wildman–Crippen LogP) is 2.06. The average Bonchev–Trinajstić information content (AvgIpc) is 2.75. The van der Waals surface area contributed by atoms with Crippen molar-refractivity contribution in [2.75, 3.05) is 5.32 Å². The van der Waals surface area contributed by atoms with Gasteiger partial charge in [-0.3, -0.25) is 9.59 Å². The Hall–Kier alpha value is -1.84. The Bertz CT molecular complexity index is 602. The highest BCUT2D eigenvalue weighted by Gasteiger charge is 2.21. The summed E-state index contributed by atoms with van der Waals surface area (Å²) < 4.78 is 5.40. The van der Waals surface area contributed by atoms with Crippen molar-refractivity contribution in [1.82, 2.24) is 0 Å². The summed E-state index contributed by atoms with van der Waals surface area (Å²) >= 11 is 0. The molecule has 0 bridgehead atoms. The second-order valence-corrected chi connectivity index (χ2v) is 4.29. The van der Waals surface area contributed by atoms with Crippen LogP contribution in [0.3, 0.4) is 0 Å². The van der Waals surface area contributed by atoms with Gasteiger partial charge in [0.25, 0.3) is 0 Å². The van der Waals surface area contributed by atoms with Gasteiger partial charge in [-0.2, -0.15) is 0 Å². The maximum Gasteiger partial charge on any atom is 0.249 e. The summed E-state index contributed by atoms with van der Waals surface area (Å²) in [5.74, 6) is 0.789. The number of rotatable bonds is 4. The van der Waals surface area contributed by atoms with Crippen LogP contribution in [-0.2, 0) is 0 Å². The lowest BCUT2D eigenvalue weighted by Crippen LogP contribution is -2.37. The second-order valence-electron chi connectivity index (χ2n) is 4.29. The van der Waals surface area contributed by atoms with Crippen LogP contribution in [-0.4, -0.2) is 0 Å². The van der Waals surface area contributed by atoms with E-state index in [0.717, 1.165) is 17.7 Å². The Kier molecular flexibility index (Phi) is 2.88. The summed E-state index contributed by atoms with van der Waals surface area (Å²) in [6.45, 7) is 5.60. The monoisotopic (exact) mass is 233 g/mol. The van der Waals surface area contributed by atoms with E-state index in [-0.39, 0.29) is 6.04 Å². The van der Waals surface area contributed by atoms with Crippen molar-refractivity contribution in [1.29, 1.82) is 0 Å². The van der Waals surface area contributed by atoms with Gasteiger partial charge in [0.2, 0.25) is 10.9 Å². The molecule has 0 saturated heterocycles. The van der Waals surface area contributed by atoms with Gasteiger partial charge in [-0.25, -0.2) is 0 Å². The smallest absolute Gasteiger partial charge is 0.249 e. The highest BCUT2D eigenvalue weighted by Crippen LogP contribution is 2.23. The normalized spacial score (nSPS) is 12.9. The lowest BCUT2D eigenvalue weighted by molar-refractivity contribution is 0.473. The van der Waals surface area contributed by atoms with Crippen LogP contribution < -0.4 is 16.2 Å². The number of aryl methyl sites for hydroxylation is 1. The van der Waals surface area contributed by atoms with Crippen LogP contribution in [0.5, 0.6) is 0 Å². The van der Waals surface area contributed by atoms with E-state index >= 15 is 0 Å². The van der Waals surface area contributed by atoms with E-state index < -0.39 is 10.9 Å². The molecule has 1 aromatic carbocycles. The fourth-order valence-electron chi connectivity index (χ4n) is 1.86. The van der Waals surface area contributed by atoms with Crippen LogP contribution in [0.1, 0.15) is 36.3 Å². The maximum atomic E-state index is 11.4. The molecule has 0 radical (unpaired) electrons. The minimum atomic E-state index is -0.427. The number of anilines is 1. The molecule has 1 aromatic heterocycles. The van der Waals surface area contributed by atoms with Gasteiger partial charge < -0.3 is 9.73 Å². The molecule has 0 fully saturated rings. The highest BCUT2D eigenvalue weighted by atomic mass is 16.3. The van der Waals surface area contributed by atoms with E-state index in [0.29, 0.717) is 11.3 Å². The first-order chi connectivity index (χ1) is 8.04. The standard InChI is InChI=1S/C13H15NO3/c1-4-9(10-5-7(2)6-17-10)14-11-8(3)12(15)13(11)16/h5-6,9,14H,4H2,1-3H3/t9-/m1/s1. The third kappa shape index (κ3) is 1.90. The van der Waals surface area contributed by atoms with Gasteiger partial charge in [-0.1, -0.05) is 6.92 Å². The molecule has 2 aromatic rings. The third-order valence-electron chi connectivity index (χ3n) is 2.97. The largest absolute Gasteiger partial charge is 0.467 e. The number of furan rings is 1. The summed E-state index contributed by atoms with van der Waals surface area (Å²) in [6.07, 6.45) is 2.46. The molecule has 17 heavy (non-hydrogen) atoms. The Morgan fingerprint density at radius 2 is 2.00 bits per heavy atom. The van der Waals surface area contributed by atoms with E-state index in [4.69, 9.17) is 4.42 Å². The summed E-state index contributed by atoms with van der Waals surface area (Å²) in [4.78, 5) is 22.5. The second kappa shape index (κ2) is 4.20. The van der Waals surface area contributed by atoms with Crippen molar-refractivity contribution in [3.63, 3.8) is 0 Å². The molecule has 0 saturated carbocycles. The van der Waals surface area contributed by atoms with E-state index in [2.05, 4.69) is 5.32 Å². The fraction of sp³-hybridized carbons (Fsp3) is 0.385. The molecule has 0 unspecified atom stereocenters. The van der Waals surface area contributed by atoms with Crippen molar-refractivity contribution in [2.24, 2.45) is 0 Å². The minimum absolute atomic E-state index is 0.0642. The zero-order chi connectivity index (χ0) is 12.6. The van der Waals surface area contributed by atoms with Gasteiger partial charge >= 0.3 is 0 Å². The van der Waals surface area contributed by atoms with Gasteiger partial charge in [0.1, 0.15) is 5.76 Å². The minimum Gasteiger partial charge on any atom is -0.467 e. The zero-order valence-electron chi connectivity index (χ0n) is 10.2. The van der Waals surface area contributed by atoms with Gasteiger partial charge in [0, 0.05) is 5.56 Å².